The number of Topliss-reactive ketones (excluding diaryl/α,β-unsaturated/α-hetero) is 1. The summed E-state index contributed by atoms with van der Waals surface area (Å²) in [4.78, 5) is 37.0. The lowest BCUT2D eigenvalue weighted by Crippen LogP contribution is -2.57. The predicted octanol–water partition coefficient (Wildman–Crippen LogP) is 1.27. The number of ketones is 1. The maximum absolute atomic E-state index is 12.8. The van der Waals surface area contributed by atoms with E-state index in [-0.39, 0.29) is 43.5 Å². The van der Waals surface area contributed by atoms with Gasteiger partial charge in [-0.15, -0.1) is 0 Å². The standard InChI is InChI=1S/C35H65NO14S/c1-10-22(28(42)21(2)38)32(50-30-25(18-37)47-19-24(39)29(30)43)46-15-16-51-20-23(31(44)45)36-27(41)17-35(8,9)49-14-12-34(6,7)48-13-11-26(40)33(3,4)5/h21-25,28-30,32,37-39,42-43H,10-20H2,1-9H3,(H,36,41)(H,44,45)/t21?,22-,23?,24?,25?,28-,29+,30+,32+/m0/s1. The first-order valence-corrected chi connectivity index (χ1v) is 18.8. The first-order chi connectivity index (χ1) is 23.5. The smallest absolute Gasteiger partial charge is 0.327 e. The summed E-state index contributed by atoms with van der Waals surface area (Å²) in [5, 5.41) is 63.4. The quantitative estimate of drug-likeness (QED) is 0.0514. The molecule has 15 nitrogen and oxygen atoms in total. The molecule has 1 saturated heterocycles. The van der Waals surface area contributed by atoms with Crippen molar-refractivity contribution < 1.29 is 68.7 Å². The highest BCUT2D eigenvalue weighted by atomic mass is 32.2. The Kier molecular flexibility index (Phi) is 20.6. The van der Waals surface area contributed by atoms with Crippen LogP contribution in [0.3, 0.4) is 0 Å². The molecule has 1 heterocycles. The number of carboxylic acid groups (broad SMARTS) is 1. The van der Waals surface area contributed by atoms with Crippen molar-refractivity contribution in [3.05, 3.63) is 0 Å². The Hall–Kier alpha value is -1.44. The van der Waals surface area contributed by atoms with Gasteiger partial charge in [0, 0.05) is 29.3 Å². The molecule has 1 amide bonds. The Morgan fingerprint density at radius 3 is 2.16 bits per heavy atom. The minimum absolute atomic E-state index is 0.00248. The summed E-state index contributed by atoms with van der Waals surface area (Å²) in [6.45, 7) is 15.9. The summed E-state index contributed by atoms with van der Waals surface area (Å²) < 4.78 is 29.2. The summed E-state index contributed by atoms with van der Waals surface area (Å²) in [7, 11) is 0. The van der Waals surface area contributed by atoms with Crippen molar-refractivity contribution in [1.82, 2.24) is 5.32 Å². The number of amides is 1. The molecule has 0 aromatic heterocycles. The molecule has 0 aromatic carbocycles. The maximum Gasteiger partial charge on any atom is 0.327 e. The summed E-state index contributed by atoms with van der Waals surface area (Å²) in [6, 6.07) is -1.20. The van der Waals surface area contributed by atoms with E-state index in [0.717, 1.165) is 0 Å². The molecule has 0 spiro atoms. The fraction of sp³-hybridized carbons (Fsp3) is 0.914. The van der Waals surface area contributed by atoms with Gasteiger partial charge in [-0.3, -0.25) is 9.59 Å². The van der Waals surface area contributed by atoms with Crippen molar-refractivity contribution in [2.45, 2.75) is 148 Å². The van der Waals surface area contributed by atoms with Crippen molar-refractivity contribution >= 4 is 29.4 Å². The normalized spacial score (nSPS) is 23.3. The van der Waals surface area contributed by atoms with E-state index in [2.05, 4.69) is 5.32 Å². The largest absolute Gasteiger partial charge is 0.480 e. The lowest BCUT2D eigenvalue weighted by Gasteiger charge is -2.41. The fourth-order valence-corrected chi connectivity index (χ4v) is 6.12. The van der Waals surface area contributed by atoms with Crippen LogP contribution in [0.15, 0.2) is 0 Å². The first kappa shape index (κ1) is 47.6. The predicted molar refractivity (Wildman–Crippen MR) is 190 cm³/mol. The van der Waals surface area contributed by atoms with Gasteiger partial charge in [-0.2, -0.15) is 11.8 Å². The number of hydrogen-bond acceptors (Lipinski definition) is 14. The monoisotopic (exact) mass is 755 g/mol. The highest BCUT2D eigenvalue weighted by molar-refractivity contribution is 7.99. The van der Waals surface area contributed by atoms with E-state index >= 15 is 0 Å². The number of aliphatic hydroxyl groups excluding tert-OH is 5. The molecule has 0 bridgehead atoms. The lowest BCUT2D eigenvalue weighted by atomic mass is 9.89. The third-order valence-corrected chi connectivity index (χ3v) is 9.70. The zero-order valence-electron chi connectivity index (χ0n) is 31.8. The average Bonchev–Trinajstić information content (AvgIpc) is 3.01. The lowest BCUT2D eigenvalue weighted by molar-refractivity contribution is -0.283. The summed E-state index contributed by atoms with van der Waals surface area (Å²) in [5.74, 6) is -2.09. The first-order valence-electron chi connectivity index (χ1n) is 17.7. The highest BCUT2D eigenvalue weighted by Crippen LogP contribution is 2.27. The van der Waals surface area contributed by atoms with Crippen molar-refractivity contribution in [3.8, 4) is 0 Å². The molecule has 0 radical (unpaired) electrons. The molecule has 0 aliphatic carbocycles. The van der Waals surface area contributed by atoms with E-state index in [1.165, 1.54) is 18.7 Å². The number of carbonyl (C=O) groups is 3. The Balaban J connectivity index is 2.67. The molecule has 9 atom stereocenters. The Bertz CT molecular complexity index is 1050. The van der Waals surface area contributed by atoms with Crippen molar-refractivity contribution in [2.75, 3.05) is 44.5 Å². The molecule has 0 saturated carbocycles. The highest BCUT2D eigenvalue weighted by Gasteiger charge is 2.43. The molecule has 1 aliphatic heterocycles. The summed E-state index contributed by atoms with van der Waals surface area (Å²) >= 11 is 1.20. The van der Waals surface area contributed by atoms with Gasteiger partial charge in [-0.1, -0.05) is 27.7 Å². The number of nitrogens with one attached hydrogen (secondary N) is 1. The van der Waals surface area contributed by atoms with Crippen LogP contribution in [-0.2, 0) is 38.1 Å². The molecule has 51 heavy (non-hydrogen) atoms. The van der Waals surface area contributed by atoms with Gasteiger partial charge in [0.1, 0.15) is 36.2 Å². The van der Waals surface area contributed by atoms with Gasteiger partial charge in [0.15, 0.2) is 6.29 Å². The number of ether oxygens (including phenoxy) is 5. The van der Waals surface area contributed by atoms with Gasteiger partial charge >= 0.3 is 5.97 Å². The molecular weight excluding hydrogens is 690 g/mol. The van der Waals surface area contributed by atoms with Crippen LogP contribution in [-0.4, -0.2) is 153 Å². The van der Waals surface area contributed by atoms with Crippen LogP contribution in [0.4, 0.5) is 0 Å². The zero-order valence-corrected chi connectivity index (χ0v) is 32.6. The van der Waals surface area contributed by atoms with Gasteiger partial charge in [0.05, 0.1) is 62.9 Å². The molecule has 1 rings (SSSR count). The Labute approximate surface area is 307 Å². The second-order valence-electron chi connectivity index (χ2n) is 15.4. The summed E-state index contributed by atoms with van der Waals surface area (Å²) in [5.41, 5.74) is -1.87. The number of thioether (sulfide) groups is 1. The van der Waals surface area contributed by atoms with Crippen molar-refractivity contribution in [1.29, 1.82) is 0 Å². The van der Waals surface area contributed by atoms with Crippen LogP contribution >= 0.6 is 11.8 Å². The van der Waals surface area contributed by atoms with Gasteiger partial charge in [0.25, 0.3) is 0 Å². The van der Waals surface area contributed by atoms with Crippen LogP contribution in [0.2, 0.25) is 0 Å². The van der Waals surface area contributed by atoms with Gasteiger partial charge < -0.3 is 59.6 Å². The van der Waals surface area contributed by atoms with Crippen LogP contribution < -0.4 is 5.32 Å². The molecule has 1 fully saturated rings. The molecule has 0 aromatic rings. The number of aliphatic carboxylic acids is 1. The van der Waals surface area contributed by atoms with Crippen LogP contribution in [0.1, 0.15) is 88.0 Å². The number of rotatable bonds is 25. The molecule has 1 aliphatic rings. The summed E-state index contributed by atoms with van der Waals surface area (Å²) in [6.07, 6.45) is -7.38. The second kappa shape index (κ2) is 22.1. The average molecular weight is 756 g/mol. The molecule has 16 heteroatoms. The second-order valence-corrected chi connectivity index (χ2v) is 16.5. The minimum atomic E-state index is -1.41. The van der Waals surface area contributed by atoms with E-state index in [0.29, 0.717) is 25.9 Å². The van der Waals surface area contributed by atoms with E-state index in [1.54, 1.807) is 20.8 Å². The number of carboxylic acids is 1. The third-order valence-electron chi connectivity index (χ3n) is 8.67. The van der Waals surface area contributed by atoms with E-state index < -0.39 is 90.0 Å². The topological polar surface area (TPSA) is 231 Å². The third kappa shape index (κ3) is 17.5. The van der Waals surface area contributed by atoms with Crippen LogP contribution in [0.5, 0.6) is 0 Å². The van der Waals surface area contributed by atoms with Gasteiger partial charge in [-0.05, 0) is 47.5 Å². The van der Waals surface area contributed by atoms with Crippen molar-refractivity contribution in [3.63, 3.8) is 0 Å². The zero-order chi connectivity index (χ0) is 39.2. The molecular formula is C35H65NO14S. The maximum atomic E-state index is 12.8. The minimum Gasteiger partial charge on any atom is -0.480 e. The number of carbonyl (C=O) groups excluding carboxylic acids is 2. The van der Waals surface area contributed by atoms with E-state index in [1.807, 2.05) is 34.6 Å². The fourth-order valence-electron chi connectivity index (χ4n) is 5.27. The van der Waals surface area contributed by atoms with Gasteiger partial charge in [-0.25, -0.2) is 4.79 Å². The number of hydrogen-bond donors (Lipinski definition) is 7. The van der Waals surface area contributed by atoms with Crippen molar-refractivity contribution in [2.24, 2.45) is 11.3 Å². The molecule has 4 unspecified atom stereocenters. The van der Waals surface area contributed by atoms with Crippen LogP contribution in [0.25, 0.3) is 0 Å². The molecule has 300 valence electrons. The molecule has 7 N–H and O–H groups in total. The Morgan fingerprint density at radius 2 is 1.61 bits per heavy atom. The van der Waals surface area contributed by atoms with E-state index in [9.17, 15) is 45.0 Å². The SMILES string of the molecule is CC[C@H]([C@H](OCCSCC(NC(=O)CC(C)(C)OCCC(C)(C)OCCC(=O)C(C)(C)C)C(=O)O)O[C@@H]1C(CO)OCC(O)[C@H]1O)[C@@H](O)C(C)O. The van der Waals surface area contributed by atoms with Crippen LogP contribution in [0, 0.1) is 11.3 Å². The van der Waals surface area contributed by atoms with E-state index in [4.69, 9.17) is 23.7 Å². The number of aliphatic hydroxyl groups is 5. The van der Waals surface area contributed by atoms with Gasteiger partial charge in [0.2, 0.25) is 5.91 Å². The Morgan fingerprint density at radius 1 is 0.980 bits per heavy atom.